The molecule has 0 saturated carbocycles. The number of halogens is 1. The molecular weight excluding hydrogens is 255 g/mol. The van der Waals surface area contributed by atoms with E-state index < -0.39 is 12.0 Å². The van der Waals surface area contributed by atoms with Crippen molar-refractivity contribution in [1.82, 2.24) is 10.3 Å². The Morgan fingerprint density at radius 2 is 2.22 bits per heavy atom. The summed E-state index contributed by atoms with van der Waals surface area (Å²) in [5.41, 5.74) is 0.766. The fourth-order valence-corrected chi connectivity index (χ4v) is 2.45. The molecule has 0 aliphatic rings. The monoisotopic (exact) mass is 266 g/mol. The summed E-state index contributed by atoms with van der Waals surface area (Å²) in [7, 11) is 1.54. The van der Waals surface area contributed by atoms with Crippen molar-refractivity contribution < 1.29 is 14.3 Å². The van der Waals surface area contributed by atoms with E-state index in [1.807, 2.05) is 0 Å². The quantitative estimate of drug-likeness (QED) is 0.891. The Bertz CT molecular complexity index is 571. The first-order valence-corrected chi connectivity index (χ1v) is 6.12. The molecule has 94 valence electrons. The van der Waals surface area contributed by atoms with Gasteiger partial charge >= 0.3 is 5.97 Å². The first-order valence-electron chi connectivity index (χ1n) is 5.24. The minimum Gasteiger partial charge on any atom is -0.480 e. The molecule has 0 saturated heterocycles. The molecule has 2 N–H and O–H groups in total. The van der Waals surface area contributed by atoms with Crippen molar-refractivity contribution in [1.29, 1.82) is 0 Å². The van der Waals surface area contributed by atoms with Gasteiger partial charge in [0.2, 0.25) is 0 Å². The molecule has 1 heterocycles. The minimum absolute atomic E-state index is 0.366. The number of likely N-dealkylation sites (N-methyl/N-ethyl adjacent to an activating group) is 1. The molecule has 0 aliphatic heterocycles. The number of thiazole rings is 1. The van der Waals surface area contributed by atoms with E-state index in [0.29, 0.717) is 16.3 Å². The van der Waals surface area contributed by atoms with E-state index in [1.54, 1.807) is 30.6 Å². The third kappa shape index (κ3) is 2.39. The van der Waals surface area contributed by atoms with Crippen molar-refractivity contribution in [2.24, 2.45) is 0 Å². The molecule has 1 unspecified atom stereocenters. The number of carboxylic acid groups (broad SMARTS) is 1. The third-order valence-electron chi connectivity index (χ3n) is 2.46. The van der Waals surface area contributed by atoms with E-state index in [1.165, 1.54) is 17.4 Å². The summed E-state index contributed by atoms with van der Waals surface area (Å²) < 4.78 is 13.6. The highest BCUT2D eigenvalue weighted by Gasteiger charge is 2.21. The van der Waals surface area contributed by atoms with Gasteiger partial charge in [-0.1, -0.05) is 12.1 Å². The highest BCUT2D eigenvalue weighted by Crippen LogP contribution is 2.28. The Hall–Kier alpha value is -1.79. The van der Waals surface area contributed by atoms with E-state index in [-0.39, 0.29) is 5.82 Å². The lowest BCUT2D eigenvalue weighted by Crippen LogP contribution is -2.25. The van der Waals surface area contributed by atoms with Crippen LogP contribution in [0.15, 0.2) is 29.6 Å². The average Bonchev–Trinajstić information content (AvgIpc) is 2.79. The van der Waals surface area contributed by atoms with Crippen molar-refractivity contribution in [2.75, 3.05) is 7.05 Å². The summed E-state index contributed by atoms with van der Waals surface area (Å²) in [5, 5.41) is 13.7. The van der Waals surface area contributed by atoms with E-state index in [9.17, 15) is 9.18 Å². The van der Waals surface area contributed by atoms with Gasteiger partial charge in [-0.05, 0) is 19.2 Å². The highest BCUT2D eigenvalue weighted by molar-refractivity contribution is 7.13. The second kappa shape index (κ2) is 5.24. The molecule has 1 atom stereocenters. The summed E-state index contributed by atoms with van der Waals surface area (Å²) in [6, 6.07) is 5.41. The summed E-state index contributed by atoms with van der Waals surface area (Å²) >= 11 is 1.22. The van der Waals surface area contributed by atoms with Crippen LogP contribution in [0.5, 0.6) is 0 Å². The molecule has 1 aromatic heterocycles. The number of nitrogens with zero attached hydrogens (tertiary/aromatic N) is 1. The predicted octanol–water partition coefficient (Wildman–Crippen LogP) is 2.29. The lowest BCUT2D eigenvalue weighted by molar-refractivity contribution is -0.139. The Labute approximate surface area is 107 Å². The SMILES string of the molecule is CNC(C(=O)O)c1csc(-c2ccccc2F)n1. The summed E-state index contributed by atoms with van der Waals surface area (Å²) in [6.45, 7) is 0. The molecule has 0 spiro atoms. The topological polar surface area (TPSA) is 62.2 Å². The number of aromatic nitrogens is 1. The number of hydrogen-bond acceptors (Lipinski definition) is 4. The van der Waals surface area contributed by atoms with Crippen LogP contribution in [0.3, 0.4) is 0 Å². The largest absolute Gasteiger partial charge is 0.480 e. The van der Waals surface area contributed by atoms with Gasteiger partial charge in [0.15, 0.2) is 0 Å². The Morgan fingerprint density at radius 3 is 2.83 bits per heavy atom. The molecule has 2 aromatic rings. The third-order valence-corrected chi connectivity index (χ3v) is 3.35. The van der Waals surface area contributed by atoms with Crippen molar-refractivity contribution in [3.8, 4) is 10.6 Å². The summed E-state index contributed by atoms with van der Waals surface area (Å²) in [4.78, 5) is 15.1. The number of benzene rings is 1. The van der Waals surface area contributed by atoms with Crippen LogP contribution in [0.25, 0.3) is 10.6 Å². The van der Waals surface area contributed by atoms with Crippen molar-refractivity contribution in [3.63, 3.8) is 0 Å². The number of carboxylic acids is 1. The van der Waals surface area contributed by atoms with Crippen LogP contribution in [-0.4, -0.2) is 23.1 Å². The number of hydrogen-bond donors (Lipinski definition) is 2. The average molecular weight is 266 g/mol. The Kier molecular flexibility index (Phi) is 3.69. The van der Waals surface area contributed by atoms with Gasteiger partial charge in [-0.3, -0.25) is 4.79 Å². The molecule has 6 heteroatoms. The normalized spacial score (nSPS) is 12.3. The van der Waals surface area contributed by atoms with Crippen molar-refractivity contribution in [2.45, 2.75) is 6.04 Å². The number of nitrogens with one attached hydrogen (secondary N) is 1. The molecule has 4 nitrogen and oxygen atoms in total. The van der Waals surface area contributed by atoms with E-state index in [4.69, 9.17) is 5.11 Å². The number of aliphatic carboxylic acids is 1. The fraction of sp³-hybridized carbons (Fsp3) is 0.167. The molecule has 0 amide bonds. The van der Waals surface area contributed by atoms with Gasteiger partial charge in [-0.15, -0.1) is 11.3 Å². The predicted molar refractivity (Wildman–Crippen MR) is 66.9 cm³/mol. The Morgan fingerprint density at radius 1 is 1.50 bits per heavy atom. The molecule has 1 aromatic carbocycles. The maximum Gasteiger partial charge on any atom is 0.327 e. The van der Waals surface area contributed by atoms with Gasteiger partial charge in [0, 0.05) is 10.9 Å². The molecule has 0 radical (unpaired) electrons. The van der Waals surface area contributed by atoms with Crippen LogP contribution in [0.2, 0.25) is 0 Å². The second-order valence-electron chi connectivity index (χ2n) is 3.62. The maximum atomic E-state index is 13.6. The van der Waals surface area contributed by atoms with E-state index in [0.717, 1.165) is 0 Å². The molecule has 0 fully saturated rings. The van der Waals surface area contributed by atoms with Gasteiger partial charge in [-0.25, -0.2) is 9.37 Å². The van der Waals surface area contributed by atoms with Crippen LogP contribution in [-0.2, 0) is 4.79 Å². The van der Waals surface area contributed by atoms with Gasteiger partial charge in [0.25, 0.3) is 0 Å². The summed E-state index contributed by atoms with van der Waals surface area (Å²) in [6.07, 6.45) is 0. The van der Waals surface area contributed by atoms with Crippen LogP contribution in [0.1, 0.15) is 11.7 Å². The van der Waals surface area contributed by atoms with Crippen molar-refractivity contribution in [3.05, 3.63) is 41.2 Å². The highest BCUT2D eigenvalue weighted by atomic mass is 32.1. The lowest BCUT2D eigenvalue weighted by Gasteiger charge is -2.06. The minimum atomic E-state index is -1.01. The Balaban J connectivity index is 2.36. The summed E-state index contributed by atoms with van der Waals surface area (Å²) in [5.74, 6) is -1.38. The number of carbonyl (C=O) groups is 1. The van der Waals surface area contributed by atoms with E-state index >= 15 is 0 Å². The zero-order chi connectivity index (χ0) is 13.1. The second-order valence-corrected chi connectivity index (χ2v) is 4.48. The van der Waals surface area contributed by atoms with Gasteiger partial charge in [0.05, 0.1) is 5.69 Å². The standard InChI is InChI=1S/C12H11FN2O2S/c1-14-10(12(16)17)9-6-18-11(15-9)7-4-2-3-5-8(7)13/h2-6,10,14H,1H3,(H,16,17). The lowest BCUT2D eigenvalue weighted by atomic mass is 10.2. The van der Waals surface area contributed by atoms with Gasteiger partial charge in [0.1, 0.15) is 16.9 Å². The van der Waals surface area contributed by atoms with Crippen molar-refractivity contribution >= 4 is 17.3 Å². The zero-order valence-corrected chi connectivity index (χ0v) is 10.4. The van der Waals surface area contributed by atoms with Gasteiger partial charge in [-0.2, -0.15) is 0 Å². The fourth-order valence-electron chi connectivity index (χ4n) is 1.57. The first-order chi connectivity index (χ1) is 8.63. The van der Waals surface area contributed by atoms with Crippen LogP contribution >= 0.6 is 11.3 Å². The number of rotatable bonds is 4. The smallest absolute Gasteiger partial charge is 0.327 e. The molecule has 2 rings (SSSR count). The van der Waals surface area contributed by atoms with E-state index in [2.05, 4.69) is 10.3 Å². The van der Waals surface area contributed by atoms with Gasteiger partial charge < -0.3 is 10.4 Å². The first kappa shape index (κ1) is 12.7. The zero-order valence-electron chi connectivity index (χ0n) is 9.55. The van der Waals surface area contributed by atoms with Crippen LogP contribution in [0, 0.1) is 5.82 Å². The molecule has 18 heavy (non-hydrogen) atoms. The van der Waals surface area contributed by atoms with Crippen LogP contribution in [0.4, 0.5) is 4.39 Å². The molecular formula is C12H11FN2O2S. The maximum absolute atomic E-state index is 13.6. The van der Waals surface area contributed by atoms with Crippen LogP contribution < -0.4 is 5.32 Å². The molecule has 0 bridgehead atoms. The molecule has 0 aliphatic carbocycles.